The number of carbonyl (C=O) groups excluding carboxylic acids is 1. The Morgan fingerprint density at radius 3 is 2.43 bits per heavy atom. The lowest BCUT2D eigenvalue weighted by Crippen LogP contribution is -2.14. The number of ether oxygens (including phenoxy) is 2. The van der Waals surface area contributed by atoms with Crippen molar-refractivity contribution in [2.24, 2.45) is 0 Å². The van der Waals surface area contributed by atoms with E-state index in [9.17, 15) is 4.79 Å². The van der Waals surface area contributed by atoms with E-state index >= 15 is 0 Å². The molecule has 0 radical (unpaired) electrons. The van der Waals surface area contributed by atoms with Crippen molar-refractivity contribution >= 4 is 17.7 Å². The fraction of sp³-hybridized carbons (Fsp3) is 0.333. The van der Waals surface area contributed by atoms with Gasteiger partial charge in [0.25, 0.3) is 0 Å². The van der Waals surface area contributed by atoms with E-state index in [1.807, 2.05) is 57.2 Å². The molecule has 0 saturated heterocycles. The molecule has 1 unspecified atom stereocenters. The molecule has 0 aliphatic carbocycles. The molecular weight excluding hydrogens is 310 g/mol. The Kier molecular flexibility index (Phi) is 6.04. The number of thioether (sulfide) groups is 1. The molecule has 0 N–H and O–H groups in total. The molecule has 1 aromatic carbocycles. The van der Waals surface area contributed by atoms with Gasteiger partial charge in [-0.15, -0.1) is 11.8 Å². The van der Waals surface area contributed by atoms with Crippen LogP contribution in [-0.4, -0.2) is 29.4 Å². The van der Waals surface area contributed by atoms with Gasteiger partial charge >= 0.3 is 5.97 Å². The summed E-state index contributed by atoms with van der Waals surface area (Å²) in [5.74, 6) is 0.407. The van der Waals surface area contributed by atoms with Crippen LogP contribution in [0.4, 0.5) is 0 Å². The molecule has 5 heteroatoms. The zero-order chi connectivity index (χ0) is 16.8. The van der Waals surface area contributed by atoms with Crippen LogP contribution in [0.5, 0.6) is 5.88 Å². The lowest BCUT2D eigenvalue weighted by atomic mass is 10.1. The second-order valence-corrected chi connectivity index (χ2v) is 6.74. The number of hydrogen-bond donors (Lipinski definition) is 0. The molecule has 1 heterocycles. The number of esters is 1. The summed E-state index contributed by atoms with van der Waals surface area (Å²) in [5, 5.41) is -0.232. The van der Waals surface area contributed by atoms with E-state index in [1.165, 1.54) is 18.9 Å². The Balaban J connectivity index is 2.18. The quantitative estimate of drug-likeness (QED) is 0.587. The summed E-state index contributed by atoms with van der Waals surface area (Å²) in [4.78, 5) is 16.8. The number of carbonyl (C=O) groups is 1. The maximum absolute atomic E-state index is 11.5. The van der Waals surface area contributed by atoms with Crippen molar-refractivity contribution in [1.82, 2.24) is 4.98 Å². The number of hydrogen-bond acceptors (Lipinski definition) is 5. The predicted octanol–water partition coefficient (Wildman–Crippen LogP) is 4.19. The van der Waals surface area contributed by atoms with Crippen LogP contribution in [0, 0.1) is 0 Å². The highest BCUT2D eigenvalue weighted by atomic mass is 32.2. The minimum atomic E-state index is -0.232. The molecule has 0 bridgehead atoms. The maximum atomic E-state index is 11.5. The van der Waals surface area contributed by atoms with Crippen molar-refractivity contribution in [2.75, 3.05) is 7.11 Å². The van der Waals surface area contributed by atoms with Crippen LogP contribution in [0.25, 0.3) is 11.1 Å². The smallest absolute Gasteiger partial charge is 0.318 e. The highest BCUT2D eigenvalue weighted by Crippen LogP contribution is 2.31. The summed E-state index contributed by atoms with van der Waals surface area (Å²) in [6, 6.07) is 11.9. The topological polar surface area (TPSA) is 48.4 Å². The summed E-state index contributed by atoms with van der Waals surface area (Å²) in [5.41, 5.74) is 1.99. The number of rotatable bonds is 6. The van der Waals surface area contributed by atoms with Gasteiger partial charge in [0.1, 0.15) is 5.25 Å². The highest BCUT2D eigenvalue weighted by Gasteiger charge is 2.15. The zero-order valence-corrected chi connectivity index (χ0v) is 14.6. The second kappa shape index (κ2) is 8.02. The fourth-order valence-corrected chi connectivity index (χ4v) is 2.95. The highest BCUT2D eigenvalue weighted by molar-refractivity contribution is 8.00. The van der Waals surface area contributed by atoms with E-state index in [4.69, 9.17) is 9.47 Å². The molecule has 0 aliphatic heterocycles. The van der Waals surface area contributed by atoms with Gasteiger partial charge in [0, 0.05) is 16.7 Å². The predicted molar refractivity (Wildman–Crippen MR) is 92.8 cm³/mol. The van der Waals surface area contributed by atoms with Gasteiger partial charge in [-0.1, -0.05) is 12.1 Å². The molecule has 0 fully saturated rings. The molecule has 4 nitrogen and oxygen atoms in total. The summed E-state index contributed by atoms with van der Waals surface area (Å²) in [6.45, 7) is 5.79. The molecule has 0 aliphatic rings. The first kappa shape index (κ1) is 17.3. The molecule has 1 aromatic heterocycles. The van der Waals surface area contributed by atoms with E-state index in [-0.39, 0.29) is 17.3 Å². The van der Waals surface area contributed by atoms with Gasteiger partial charge in [0.15, 0.2) is 0 Å². The number of nitrogens with zero attached hydrogens (tertiary/aromatic N) is 1. The average Bonchev–Trinajstić information content (AvgIpc) is 2.55. The van der Waals surface area contributed by atoms with Crippen LogP contribution in [0.1, 0.15) is 20.8 Å². The van der Waals surface area contributed by atoms with Crippen LogP contribution in [0.15, 0.2) is 47.5 Å². The van der Waals surface area contributed by atoms with Gasteiger partial charge < -0.3 is 9.47 Å². The average molecular weight is 331 g/mol. The van der Waals surface area contributed by atoms with Crippen molar-refractivity contribution in [3.63, 3.8) is 0 Å². The van der Waals surface area contributed by atoms with Gasteiger partial charge in [-0.25, -0.2) is 4.98 Å². The molecule has 2 aromatic rings. The van der Waals surface area contributed by atoms with Crippen LogP contribution < -0.4 is 4.74 Å². The lowest BCUT2D eigenvalue weighted by Gasteiger charge is -2.13. The summed E-state index contributed by atoms with van der Waals surface area (Å²) >= 11 is 1.47. The van der Waals surface area contributed by atoms with Gasteiger partial charge in [0.2, 0.25) is 5.88 Å². The molecule has 0 saturated carbocycles. The summed E-state index contributed by atoms with van der Waals surface area (Å²) < 4.78 is 10.5. The minimum absolute atomic E-state index is 0.0689. The van der Waals surface area contributed by atoms with Crippen molar-refractivity contribution in [3.8, 4) is 17.0 Å². The van der Waals surface area contributed by atoms with Gasteiger partial charge in [0.05, 0.1) is 13.2 Å². The number of aromatic nitrogens is 1. The Bertz CT molecular complexity index is 656. The molecule has 0 amide bonds. The van der Waals surface area contributed by atoms with E-state index in [0.717, 1.165) is 16.0 Å². The van der Waals surface area contributed by atoms with Crippen molar-refractivity contribution < 1.29 is 14.3 Å². The maximum Gasteiger partial charge on any atom is 0.318 e. The van der Waals surface area contributed by atoms with Crippen LogP contribution in [-0.2, 0) is 9.53 Å². The fourth-order valence-electron chi connectivity index (χ4n) is 2.06. The second-order valence-electron chi connectivity index (χ2n) is 5.33. The van der Waals surface area contributed by atoms with Gasteiger partial charge in [-0.05, 0) is 50.6 Å². The van der Waals surface area contributed by atoms with E-state index < -0.39 is 0 Å². The molecule has 122 valence electrons. The van der Waals surface area contributed by atoms with Crippen molar-refractivity contribution in [2.45, 2.75) is 37.0 Å². The van der Waals surface area contributed by atoms with Gasteiger partial charge in [-0.2, -0.15) is 0 Å². The first-order valence-electron chi connectivity index (χ1n) is 7.48. The molecule has 0 spiro atoms. The first-order chi connectivity index (χ1) is 11.0. The van der Waals surface area contributed by atoms with E-state index in [1.54, 1.807) is 6.20 Å². The summed E-state index contributed by atoms with van der Waals surface area (Å²) in [6.07, 6.45) is 1.79. The SMILES string of the molecule is COC(=O)C(C)Sc1ccc(-c2cccnc2OC(C)C)cc1. The monoisotopic (exact) mass is 331 g/mol. The molecule has 1 atom stereocenters. The van der Waals surface area contributed by atoms with Gasteiger partial charge in [-0.3, -0.25) is 4.79 Å². The largest absolute Gasteiger partial charge is 0.475 e. The van der Waals surface area contributed by atoms with E-state index in [0.29, 0.717) is 5.88 Å². The van der Waals surface area contributed by atoms with E-state index in [2.05, 4.69) is 4.98 Å². The Morgan fingerprint density at radius 2 is 1.83 bits per heavy atom. The standard InChI is InChI=1S/C18H21NO3S/c1-12(2)22-17-16(6-5-11-19-17)14-7-9-15(10-8-14)23-13(3)18(20)21-4/h5-13H,1-4H3. The first-order valence-corrected chi connectivity index (χ1v) is 8.36. The Labute approximate surface area is 141 Å². The third kappa shape index (κ3) is 4.73. The Morgan fingerprint density at radius 1 is 1.13 bits per heavy atom. The Hall–Kier alpha value is -2.01. The number of methoxy groups -OCH3 is 1. The van der Waals surface area contributed by atoms with Crippen LogP contribution in [0.3, 0.4) is 0 Å². The molecular formula is C18H21NO3S. The third-order valence-corrected chi connectivity index (χ3v) is 4.22. The summed E-state index contributed by atoms with van der Waals surface area (Å²) in [7, 11) is 1.40. The third-order valence-electron chi connectivity index (χ3n) is 3.13. The normalized spacial score (nSPS) is 12.0. The number of pyridine rings is 1. The number of benzene rings is 1. The van der Waals surface area contributed by atoms with Crippen molar-refractivity contribution in [1.29, 1.82) is 0 Å². The molecule has 2 rings (SSSR count). The van der Waals surface area contributed by atoms with Crippen molar-refractivity contribution in [3.05, 3.63) is 42.6 Å². The van der Waals surface area contributed by atoms with Crippen LogP contribution in [0.2, 0.25) is 0 Å². The lowest BCUT2D eigenvalue weighted by molar-refractivity contribution is -0.139. The van der Waals surface area contributed by atoms with Crippen LogP contribution >= 0.6 is 11.8 Å². The molecule has 23 heavy (non-hydrogen) atoms. The zero-order valence-electron chi connectivity index (χ0n) is 13.8. The minimum Gasteiger partial charge on any atom is -0.475 e.